The summed E-state index contributed by atoms with van der Waals surface area (Å²) in [7, 11) is 0. The molecular weight excluding hydrogens is 200 g/mol. The van der Waals surface area contributed by atoms with Crippen LogP contribution in [0.4, 0.5) is 5.69 Å². The molecule has 0 saturated heterocycles. The van der Waals surface area contributed by atoms with Crippen molar-refractivity contribution in [3.05, 3.63) is 18.1 Å². The molecule has 2 aromatic rings. The molecule has 16 heavy (non-hydrogen) atoms. The van der Waals surface area contributed by atoms with E-state index < -0.39 is 0 Å². The predicted octanol–water partition coefficient (Wildman–Crippen LogP) is 2.47. The van der Waals surface area contributed by atoms with Gasteiger partial charge < -0.3 is 10.3 Å². The van der Waals surface area contributed by atoms with Gasteiger partial charge in [0.2, 0.25) is 0 Å². The summed E-state index contributed by atoms with van der Waals surface area (Å²) in [5.41, 5.74) is 8.34. The summed E-state index contributed by atoms with van der Waals surface area (Å²) in [6.07, 6.45) is 4.21. The number of nitrogens with zero attached hydrogens (tertiary/aromatic N) is 3. The molecule has 0 amide bonds. The molecule has 2 heterocycles. The minimum atomic E-state index is 0.427. The van der Waals surface area contributed by atoms with Crippen molar-refractivity contribution in [2.75, 3.05) is 5.73 Å². The van der Waals surface area contributed by atoms with Gasteiger partial charge in [-0.1, -0.05) is 13.8 Å². The molecule has 4 heteroatoms. The van der Waals surface area contributed by atoms with Crippen molar-refractivity contribution in [1.82, 2.24) is 14.5 Å². The van der Waals surface area contributed by atoms with E-state index in [4.69, 9.17) is 5.73 Å². The van der Waals surface area contributed by atoms with Crippen molar-refractivity contribution in [2.24, 2.45) is 0 Å². The number of nitrogens with two attached hydrogens (primary N) is 1. The van der Waals surface area contributed by atoms with Crippen LogP contribution in [0.15, 0.2) is 12.3 Å². The largest absolute Gasteiger partial charge is 0.397 e. The van der Waals surface area contributed by atoms with Crippen LogP contribution in [-0.2, 0) is 0 Å². The molecule has 3 rings (SSSR count). The first-order valence-electron chi connectivity index (χ1n) is 5.80. The highest BCUT2D eigenvalue weighted by Crippen LogP contribution is 2.39. The van der Waals surface area contributed by atoms with Crippen molar-refractivity contribution < 1.29 is 0 Å². The first-order chi connectivity index (χ1) is 7.66. The van der Waals surface area contributed by atoms with Gasteiger partial charge in [-0.15, -0.1) is 0 Å². The van der Waals surface area contributed by atoms with Crippen molar-refractivity contribution in [2.45, 2.75) is 38.6 Å². The van der Waals surface area contributed by atoms with Crippen LogP contribution in [0.3, 0.4) is 0 Å². The van der Waals surface area contributed by atoms with Crippen LogP contribution in [0.2, 0.25) is 0 Å². The Kier molecular flexibility index (Phi) is 1.93. The molecule has 1 fully saturated rings. The van der Waals surface area contributed by atoms with Crippen LogP contribution in [0.1, 0.15) is 44.5 Å². The summed E-state index contributed by atoms with van der Waals surface area (Å²) in [6.45, 7) is 4.34. The Morgan fingerprint density at radius 3 is 2.81 bits per heavy atom. The number of nitrogen functional groups attached to an aromatic ring is 1. The van der Waals surface area contributed by atoms with Crippen LogP contribution in [0.5, 0.6) is 0 Å². The number of hydrogen-bond donors (Lipinski definition) is 1. The maximum absolute atomic E-state index is 5.74. The first kappa shape index (κ1) is 9.63. The van der Waals surface area contributed by atoms with E-state index in [0.29, 0.717) is 17.6 Å². The summed E-state index contributed by atoms with van der Waals surface area (Å²) in [4.78, 5) is 9.08. The standard InChI is InChI=1S/C12H16N4/c1-7(2)11-15-10-5-8(13)6-14-12(10)16(11)9-3-4-9/h5-7,9H,3-4,13H2,1-2H3. The lowest BCUT2D eigenvalue weighted by molar-refractivity contribution is 0.650. The van der Waals surface area contributed by atoms with Crippen LogP contribution < -0.4 is 5.73 Å². The minimum Gasteiger partial charge on any atom is -0.397 e. The van der Waals surface area contributed by atoms with Gasteiger partial charge in [0, 0.05) is 12.0 Å². The van der Waals surface area contributed by atoms with Gasteiger partial charge in [0.05, 0.1) is 11.9 Å². The second kappa shape index (κ2) is 3.20. The molecule has 4 nitrogen and oxygen atoms in total. The first-order valence-corrected chi connectivity index (χ1v) is 5.80. The molecule has 84 valence electrons. The topological polar surface area (TPSA) is 56.7 Å². The number of anilines is 1. The summed E-state index contributed by atoms with van der Waals surface area (Å²) in [5.74, 6) is 1.56. The van der Waals surface area contributed by atoms with Gasteiger partial charge >= 0.3 is 0 Å². The molecule has 0 aromatic carbocycles. The van der Waals surface area contributed by atoms with Gasteiger partial charge in [-0.05, 0) is 18.9 Å². The highest BCUT2D eigenvalue weighted by molar-refractivity contribution is 5.75. The molecule has 0 unspecified atom stereocenters. The lowest BCUT2D eigenvalue weighted by atomic mass is 10.2. The van der Waals surface area contributed by atoms with Crippen molar-refractivity contribution >= 4 is 16.9 Å². The van der Waals surface area contributed by atoms with Gasteiger partial charge in [0.15, 0.2) is 5.65 Å². The molecule has 0 bridgehead atoms. The normalized spacial score (nSPS) is 16.2. The minimum absolute atomic E-state index is 0.427. The van der Waals surface area contributed by atoms with Gasteiger partial charge in [0.1, 0.15) is 11.3 Å². The van der Waals surface area contributed by atoms with E-state index >= 15 is 0 Å². The fourth-order valence-corrected chi connectivity index (χ4v) is 2.12. The summed E-state index contributed by atoms with van der Waals surface area (Å²) >= 11 is 0. The lowest BCUT2D eigenvalue weighted by Crippen LogP contribution is -2.03. The van der Waals surface area contributed by atoms with Gasteiger partial charge in [-0.25, -0.2) is 9.97 Å². The smallest absolute Gasteiger partial charge is 0.160 e. The zero-order chi connectivity index (χ0) is 11.3. The van der Waals surface area contributed by atoms with Gasteiger partial charge in [-0.2, -0.15) is 0 Å². The van der Waals surface area contributed by atoms with Crippen molar-refractivity contribution in [3.8, 4) is 0 Å². The second-order valence-electron chi connectivity index (χ2n) is 4.84. The average molecular weight is 216 g/mol. The predicted molar refractivity (Wildman–Crippen MR) is 64.3 cm³/mol. The van der Waals surface area contributed by atoms with Crippen LogP contribution in [-0.4, -0.2) is 14.5 Å². The Bertz CT molecular complexity index is 537. The number of fused-ring (bicyclic) bond motifs is 1. The summed E-state index contributed by atoms with van der Waals surface area (Å²) < 4.78 is 2.29. The fourth-order valence-electron chi connectivity index (χ4n) is 2.12. The maximum Gasteiger partial charge on any atom is 0.160 e. The van der Waals surface area contributed by atoms with Crippen molar-refractivity contribution in [1.29, 1.82) is 0 Å². The molecular formula is C12H16N4. The zero-order valence-electron chi connectivity index (χ0n) is 9.64. The third-order valence-corrected chi connectivity index (χ3v) is 3.01. The lowest BCUT2D eigenvalue weighted by Gasteiger charge is -2.08. The average Bonchev–Trinajstić information content (AvgIpc) is 2.99. The Morgan fingerprint density at radius 2 is 2.19 bits per heavy atom. The Labute approximate surface area is 94.5 Å². The molecule has 2 N–H and O–H groups in total. The van der Waals surface area contributed by atoms with E-state index in [1.807, 2.05) is 6.07 Å². The monoisotopic (exact) mass is 216 g/mol. The third-order valence-electron chi connectivity index (χ3n) is 3.01. The Hall–Kier alpha value is -1.58. The van der Waals surface area contributed by atoms with Crippen LogP contribution in [0.25, 0.3) is 11.2 Å². The molecule has 0 aliphatic heterocycles. The molecule has 1 aliphatic rings. The SMILES string of the molecule is CC(C)c1nc2cc(N)cnc2n1C1CC1. The molecule has 2 aromatic heterocycles. The molecule has 1 aliphatic carbocycles. The van der Waals surface area contributed by atoms with Crippen LogP contribution in [0, 0.1) is 0 Å². The van der Waals surface area contributed by atoms with Crippen LogP contribution >= 0.6 is 0 Å². The molecule has 0 radical (unpaired) electrons. The summed E-state index contributed by atoms with van der Waals surface area (Å²) in [5, 5.41) is 0. The second-order valence-corrected chi connectivity index (χ2v) is 4.84. The highest BCUT2D eigenvalue weighted by Gasteiger charge is 2.29. The Morgan fingerprint density at radius 1 is 1.44 bits per heavy atom. The quantitative estimate of drug-likeness (QED) is 0.839. The maximum atomic E-state index is 5.74. The number of rotatable bonds is 2. The van der Waals surface area contributed by atoms with E-state index in [-0.39, 0.29) is 0 Å². The number of imidazole rings is 1. The molecule has 0 atom stereocenters. The fraction of sp³-hybridized carbons (Fsp3) is 0.500. The van der Waals surface area contributed by atoms with E-state index in [2.05, 4.69) is 28.4 Å². The number of hydrogen-bond acceptors (Lipinski definition) is 3. The van der Waals surface area contributed by atoms with E-state index in [9.17, 15) is 0 Å². The highest BCUT2D eigenvalue weighted by atomic mass is 15.2. The number of aromatic nitrogens is 3. The van der Waals surface area contributed by atoms with Gasteiger partial charge in [0.25, 0.3) is 0 Å². The molecule has 1 saturated carbocycles. The Balaban J connectivity index is 2.28. The third kappa shape index (κ3) is 1.37. The van der Waals surface area contributed by atoms with Crippen molar-refractivity contribution in [3.63, 3.8) is 0 Å². The molecule has 0 spiro atoms. The zero-order valence-corrected chi connectivity index (χ0v) is 9.64. The van der Waals surface area contributed by atoms with Gasteiger partial charge in [-0.3, -0.25) is 0 Å². The van der Waals surface area contributed by atoms with E-state index in [0.717, 1.165) is 17.0 Å². The van der Waals surface area contributed by atoms with E-state index in [1.54, 1.807) is 6.20 Å². The number of pyridine rings is 1. The van der Waals surface area contributed by atoms with E-state index in [1.165, 1.54) is 12.8 Å². The summed E-state index contributed by atoms with van der Waals surface area (Å²) in [6, 6.07) is 2.52.